The first-order valence-electron chi connectivity index (χ1n) is 6.31. The van der Waals surface area contributed by atoms with Gasteiger partial charge < -0.3 is 10.5 Å². The van der Waals surface area contributed by atoms with Crippen molar-refractivity contribution in [2.24, 2.45) is 11.7 Å². The van der Waals surface area contributed by atoms with Crippen molar-refractivity contribution in [1.29, 1.82) is 0 Å². The van der Waals surface area contributed by atoms with E-state index in [1.54, 1.807) is 0 Å². The number of ether oxygens (including phenoxy) is 1. The summed E-state index contributed by atoms with van der Waals surface area (Å²) in [5.74, 6) is 0.592. The lowest BCUT2D eigenvalue weighted by molar-refractivity contribution is -0.189. The highest BCUT2D eigenvalue weighted by Gasteiger charge is 2.40. The van der Waals surface area contributed by atoms with Gasteiger partial charge in [0.25, 0.3) is 0 Å². The number of hydrogen-bond acceptors (Lipinski definition) is 3. The van der Waals surface area contributed by atoms with Crippen LogP contribution in [0.25, 0.3) is 0 Å². The second-order valence-electron chi connectivity index (χ2n) is 6.57. The summed E-state index contributed by atoms with van der Waals surface area (Å²) >= 11 is 0. The molecule has 0 bridgehead atoms. The summed E-state index contributed by atoms with van der Waals surface area (Å²) in [6.45, 7) is 15.8. The molecule has 1 aliphatic rings. The first-order valence-corrected chi connectivity index (χ1v) is 6.31. The van der Waals surface area contributed by atoms with Crippen LogP contribution in [0.1, 0.15) is 41.5 Å². The molecule has 1 heterocycles. The van der Waals surface area contributed by atoms with E-state index in [-0.39, 0.29) is 11.2 Å². The molecule has 3 nitrogen and oxygen atoms in total. The quantitative estimate of drug-likeness (QED) is 0.801. The van der Waals surface area contributed by atoms with Crippen LogP contribution in [0.2, 0.25) is 0 Å². The topological polar surface area (TPSA) is 38.5 Å². The molecule has 1 saturated heterocycles. The first kappa shape index (κ1) is 13.9. The highest BCUT2D eigenvalue weighted by Crippen LogP contribution is 2.30. The number of nitrogens with two attached hydrogens (primary N) is 1. The third-order valence-corrected chi connectivity index (χ3v) is 3.20. The SMILES string of the molecule is CC(C)C(CN)N1CC(C)(C)OC(C)(C)C1. The van der Waals surface area contributed by atoms with E-state index in [2.05, 4.69) is 46.4 Å². The third kappa shape index (κ3) is 3.44. The van der Waals surface area contributed by atoms with Crippen molar-refractivity contribution in [2.45, 2.75) is 58.8 Å². The van der Waals surface area contributed by atoms with Crippen molar-refractivity contribution in [3.63, 3.8) is 0 Å². The van der Waals surface area contributed by atoms with Crippen LogP contribution in [0.5, 0.6) is 0 Å². The summed E-state index contributed by atoms with van der Waals surface area (Å²) < 4.78 is 6.08. The van der Waals surface area contributed by atoms with E-state index in [4.69, 9.17) is 10.5 Å². The van der Waals surface area contributed by atoms with Gasteiger partial charge in [0.05, 0.1) is 11.2 Å². The molecule has 0 spiro atoms. The molecule has 96 valence electrons. The molecule has 0 amide bonds. The lowest BCUT2D eigenvalue weighted by atomic mass is 9.94. The van der Waals surface area contributed by atoms with Crippen LogP contribution in [0.4, 0.5) is 0 Å². The lowest BCUT2D eigenvalue weighted by Crippen LogP contribution is -2.61. The molecule has 1 rings (SSSR count). The largest absolute Gasteiger partial charge is 0.367 e. The summed E-state index contributed by atoms with van der Waals surface area (Å²) in [6, 6.07) is 0.461. The third-order valence-electron chi connectivity index (χ3n) is 3.20. The van der Waals surface area contributed by atoms with Crippen molar-refractivity contribution in [3.05, 3.63) is 0 Å². The molecule has 0 radical (unpaired) electrons. The fraction of sp³-hybridized carbons (Fsp3) is 1.00. The number of rotatable bonds is 3. The monoisotopic (exact) mass is 228 g/mol. The molecule has 1 unspecified atom stereocenters. The summed E-state index contributed by atoms with van der Waals surface area (Å²) in [7, 11) is 0. The van der Waals surface area contributed by atoms with Crippen LogP contribution in [0, 0.1) is 5.92 Å². The minimum Gasteiger partial charge on any atom is -0.367 e. The molecule has 0 aromatic rings. The summed E-state index contributed by atoms with van der Waals surface area (Å²) in [5.41, 5.74) is 5.74. The molecular weight excluding hydrogens is 200 g/mol. The van der Waals surface area contributed by atoms with Crippen LogP contribution in [-0.4, -0.2) is 41.8 Å². The number of morpholine rings is 1. The van der Waals surface area contributed by atoms with Crippen LogP contribution >= 0.6 is 0 Å². The Kier molecular flexibility index (Phi) is 4.04. The number of nitrogens with zero attached hydrogens (tertiary/aromatic N) is 1. The van der Waals surface area contributed by atoms with Gasteiger partial charge in [-0.25, -0.2) is 0 Å². The van der Waals surface area contributed by atoms with Gasteiger partial charge in [-0.15, -0.1) is 0 Å². The Balaban J connectivity index is 2.80. The maximum atomic E-state index is 6.08. The van der Waals surface area contributed by atoms with Gasteiger partial charge in [-0.3, -0.25) is 4.90 Å². The zero-order valence-electron chi connectivity index (χ0n) is 11.7. The van der Waals surface area contributed by atoms with Crippen molar-refractivity contribution in [1.82, 2.24) is 4.90 Å². The van der Waals surface area contributed by atoms with E-state index in [0.29, 0.717) is 12.0 Å². The van der Waals surface area contributed by atoms with Gasteiger partial charge in [0.15, 0.2) is 0 Å². The van der Waals surface area contributed by atoms with Gasteiger partial charge in [-0.2, -0.15) is 0 Å². The molecular formula is C13H28N2O. The fourth-order valence-electron chi connectivity index (χ4n) is 2.92. The van der Waals surface area contributed by atoms with Crippen molar-refractivity contribution < 1.29 is 4.74 Å². The Morgan fingerprint density at radius 2 is 1.56 bits per heavy atom. The highest BCUT2D eigenvalue weighted by molar-refractivity contribution is 4.92. The van der Waals surface area contributed by atoms with E-state index in [9.17, 15) is 0 Å². The minimum absolute atomic E-state index is 0.0793. The predicted octanol–water partition coefficient (Wildman–Crippen LogP) is 1.86. The average Bonchev–Trinajstić information content (AvgIpc) is 1.97. The van der Waals surface area contributed by atoms with Crippen LogP contribution in [0.3, 0.4) is 0 Å². The van der Waals surface area contributed by atoms with Gasteiger partial charge >= 0.3 is 0 Å². The van der Waals surface area contributed by atoms with E-state index >= 15 is 0 Å². The fourth-order valence-corrected chi connectivity index (χ4v) is 2.92. The highest BCUT2D eigenvalue weighted by atomic mass is 16.5. The summed E-state index contributed by atoms with van der Waals surface area (Å²) in [6.07, 6.45) is 0. The zero-order chi connectivity index (χ0) is 12.6. The van der Waals surface area contributed by atoms with E-state index in [1.807, 2.05) is 0 Å². The van der Waals surface area contributed by atoms with Crippen LogP contribution in [0.15, 0.2) is 0 Å². The van der Waals surface area contributed by atoms with Crippen molar-refractivity contribution >= 4 is 0 Å². The molecule has 1 atom stereocenters. The smallest absolute Gasteiger partial charge is 0.0760 e. The predicted molar refractivity (Wildman–Crippen MR) is 68.5 cm³/mol. The number of hydrogen-bond donors (Lipinski definition) is 1. The summed E-state index contributed by atoms with van der Waals surface area (Å²) in [4.78, 5) is 2.49. The minimum atomic E-state index is -0.0793. The summed E-state index contributed by atoms with van der Waals surface area (Å²) in [5, 5.41) is 0. The molecule has 3 heteroatoms. The normalized spacial score (nSPS) is 27.0. The van der Waals surface area contributed by atoms with Crippen molar-refractivity contribution in [2.75, 3.05) is 19.6 Å². The second kappa shape index (κ2) is 4.63. The molecule has 2 N–H and O–H groups in total. The zero-order valence-corrected chi connectivity index (χ0v) is 11.7. The van der Waals surface area contributed by atoms with Crippen molar-refractivity contribution in [3.8, 4) is 0 Å². The molecule has 16 heavy (non-hydrogen) atoms. The van der Waals surface area contributed by atoms with E-state index in [1.165, 1.54) is 0 Å². The maximum absolute atomic E-state index is 6.08. The molecule has 1 aliphatic heterocycles. The average molecular weight is 228 g/mol. The van der Waals surface area contributed by atoms with Gasteiger partial charge in [0.2, 0.25) is 0 Å². The Bertz CT molecular complexity index is 220. The van der Waals surface area contributed by atoms with E-state index in [0.717, 1.165) is 19.6 Å². The maximum Gasteiger partial charge on any atom is 0.0760 e. The second-order valence-corrected chi connectivity index (χ2v) is 6.57. The molecule has 0 aromatic heterocycles. The molecule has 1 fully saturated rings. The van der Waals surface area contributed by atoms with Crippen LogP contribution in [-0.2, 0) is 4.74 Å². The Hall–Kier alpha value is -0.120. The Morgan fingerprint density at radius 1 is 1.12 bits per heavy atom. The Labute approximate surface area is 100 Å². The Morgan fingerprint density at radius 3 is 1.88 bits per heavy atom. The van der Waals surface area contributed by atoms with E-state index < -0.39 is 0 Å². The first-order chi connectivity index (χ1) is 7.17. The molecule has 0 aromatic carbocycles. The lowest BCUT2D eigenvalue weighted by Gasteiger charge is -2.50. The standard InChI is InChI=1S/C13H28N2O/c1-10(2)11(7-14)15-8-12(3,4)16-13(5,6)9-15/h10-11H,7-9,14H2,1-6H3. The van der Waals surface area contributed by atoms with Gasteiger partial charge in [-0.05, 0) is 33.6 Å². The van der Waals surface area contributed by atoms with Gasteiger partial charge in [-0.1, -0.05) is 13.8 Å². The molecule has 0 aliphatic carbocycles. The molecule has 0 saturated carbocycles. The van der Waals surface area contributed by atoms with Gasteiger partial charge in [0.1, 0.15) is 0 Å². The van der Waals surface area contributed by atoms with Crippen LogP contribution < -0.4 is 5.73 Å². The van der Waals surface area contributed by atoms with Gasteiger partial charge in [0, 0.05) is 25.7 Å².